The summed E-state index contributed by atoms with van der Waals surface area (Å²) in [4.78, 5) is 9.82. The molecule has 0 aliphatic heterocycles. The molecule has 8 heteroatoms. The monoisotopic (exact) mass is 266 g/mol. The summed E-state index contributed by atoms with van der Waals surface area (Å²) in [6, 6.07) is 1.19. The van der Waals surface area contributed by atoms with Crippen LogP contribution in [0.25, 0.3) is 0 Å². The number of alkyl halides is 2. The molecule has 1 rings (SSSR count). The lowest BCUT2D eigenvalue weighted by Crippen LogP contribution is -2.36. The van der Waals surface area contributed by atoms with E-state index < -0.39 is 34.7 Å². The Morgan fingerprint density at radius 2 is 2.18 bits per heavy atom. The second-order valence-electron chi connectivity index (χ2n) is 3.36. The van der Waals surface area contributed by atoms with Crippen LogP contribution in [0.1, 0.15) is 11.6 Å². The molecule has 0 spiro atoms. The number of nitrogens with two attached hydrogens (primary N) is 1. The fourth-order valence-electron chi connectivity index (χ4n) is 1.27. The fraction of sp³-hybridized carbons (Fsp3) is 0.333. The third-order valence-corrected chi connectivity index (χ3v) is 2.42. The Bertz CT molecular complexity index is 442. The summed E-state index contributed by atoms with van der Waals surface area (Å²) in [5.74, 6) is -3.66. The topological polar surface area (TPSA) is 89.4 Å². The largest absolute Gasteiger partial charge is 0.390 e. The maximum absolute atomic E-state index is 13.2. The van der Waals surface area contributed by atoms with Crippen molar-refractivity contribution in [1.82, 2.24) is 0 Å². The number of nitro groups is 1. The molecular formula is C9H9ClF2N2O3. The molecule has 3 N–H and O–H groups in total. The Kier molecular flexibility index (Phi) is 3.97. The molecule has 0 radical (unpaired) electrons. The van der Waals surface area contributed by atoms with E-state index in [1.54, 1.807) is 0 Å². The molecular weight excluding hydrogens is 258 g/mol. The molecule has 0 unspecified atom stereocenters. The van der Waals surface area contributed by atoms with E-state index in [-0.39, 0.29) is 5.02 Å². The number of halogens is 3. The molecule has 5 nitrogen and oxygen atoms in total. The molecule has 0 amide bonds. The maximum atomic E-state index is 13.2. The van der Waals surface area contributed by atoms with Gasteiger partial charge in [-0.1, -0.05) is 11.6 Å². The van der Waals surface area contributed by atoms with E-state index in [1.807, 2.05) is 0 Å². The maximum Gasteiger partial charge on any atom is 0.289 e. The SMILES string of the molecule is N[C@H](c1cc(Cl)ccc1[N+](=O)[O-])C(F)(F)CO. The molecule has 0 saturated heterocycles. The van der Waals surface area contributed by atoms with Crippen LogP contribution >= 0.6 is 11.6 Å². The molecule has 17 heavy (non-hydrogen) atoms. The Labute approximate surface area is 99.9 Å². The third kappa shape index (κ3) is 2.87. The van der Waals surface area contributed by atoms with E-state index in [0.29, 0.717) is 0 Å². The van der Waals surface area contributed by atoms with E-state index in [2.05, 4.69) is 0 Å². The molecule has 1 atom stereocenters. The van der Waals surface area contributed by atoms with Crippen LogP contribution in [0.15, 0.2) is 18.2 Å². The molecule has 94 valence electrons. The normalized spacial score (nSPS) is 13.5. The zero-order valence-corrected chi connectivity index (χ0v) is 9.19. The van der Waals surface area contributed by atoms with Crippen LogP contribution in [0.5, 0.6) is 0 Å². The highest BCUT2D eigenvalue weighted by atomic mass is 35.5. The number of aliphatic hydroxyl groups is 1. The van der Waals surface area contributed by atoms with Gasteiger partial charge in [0.1, 0.15) is 12.6 Å². The summed E-state index contributed by atoms with van der Waals surface area (Å²) in [7, 11) is 0. The van der Waals surface area contributed by atoms with E-state index in [9.17, 15) is 18.9 Å². The van der Waals surface area contributed by atoms with E-state index in [0.717, 1.165) is 12.1 Å². The highest BCUT2D eigenvalue weighted by molar-refractivity contribution is 6.30. The van der Waals surface area contributed by atoms with Crippen LogP contribution < -0.4 is 5.73 Å². The summed E-state index contributed by atoms with van der Waals surface area (Å²) < 4.78 is 26.3. The summed E-state index contributed by atoms with van der Waals surface area (Å²) in [5.41, 5.74) is 4.24. The Balaban J connectivity index is 3.29. The lowest BCUT2D eigenvalue weighted by Gasteiger charge is -2.21. The van der Waals surface area contributed by atoms with E-state index in [1.165, 1.54) is 6.07 Å². The smallest absolute Gasteiger partial charge is 0.289 e. The van der Waals surface area contributed by atoms with Crippen molar-refractivity contribution >= 4 is 17.3 Å². The first-order valence-electron chi connectivity index (χ1n) is 4.47. The Hall–Kier alpha value is -1.31. The van der Waals surface area contributed by atoms with Gasteiger partial charge >= 0.3 is 0 Å². The molecule has 0 heterocycles. The van der Waals surface area contributed by atoms with Gasteiger partial charge in [-0.25, -0.2) is 8.78 Å². The number of rotatable bonds is 4. The van der Waals surface area contributed by atoms with Gasteiger partial charge in [0.05, 0.1) is 10.5 Å². The van der Waals surface area contributed by atoms with Gasteiger partial charge in [0.25, 0.3) is 11.6 Å². The zero-order chi connectivity index (χ0) is 13.2. The highest BCUT2D eigenvalue weighted by Gasteiger charge is 2.40. The van der Waals surface area contributed by atoms with Gasteiger partial charge in [-0.15, -0.1) is 0 Å². The number of hydrogen-bond donors (Lipinski definition) is 2. The van der Waals surface area contributed by atoms with Crippen molar-refractivity contribution in [2.24, 2.45) is 5.73 Å². The minimum atomic E-state index is -3.66. The summed E-state index contributed by atoms with van der Waals surface area (Å²) >= 11 is 5.57. The zero-order valence-electron chi connectivity index (χ0n) is 8.44. The van der Waals surface area contributed by atoms with Gasteiger partial charge in [0.15, 0.2) is 0 Å². The van der Waals surface area contributed by atoms with Gasteiger partial charge < -0.3 is 10.8 Å². The quantitative estimate of drug-likeness (QED) is 0.643. The van der Waals surface area contributed by atoms with Gasteiger partial charge in [0, 0.05) is 11.1 Å². The minimum Gasteiger partial charge on any atom is -0.390 e. The molecule has 0 aliphatic carbocycles. The molecule has 0 aromatic heterocycles. The molecule has 1 aromatic rings. The van der Waals surface area contributed by atoms with Crippen LogP contribution in [0.3, 0.4) is 0 Å². The lowest BCUT2D eigenvalue weighted by molar-refractivity contribution is -0.386. The first-order chi connectivity index (χ1) is 7.79. The van der Waals surface area contributed by atoms with Crippen LogP contribution in [0.2, 0.25) is 5.02 Å². The van der Waals surface area contributed by atoms with Crippen LogP contribution in [0, 0.1) is 10.1 Å². The van der Waals surface area contributed by atoms with Crippen LogP contribution in [-0.4, -0.2) is 22.6 Å². The number of benzene rings is 1. The lowest BCUT2D eigenvalue weighted by atomic mass is 10.00. The van der Waals surface area contributed by atoms with Crippen molar-refractivity contribution in [2.45, 2.75) is 12.0 Å². The first-order valence-corrected chi connectivity index (χ1v) is 4.85. The van der Waals surface area contributed by atoms with Crippen molar-refractivity contribution in [2.75, 3.05) is 6.61 Å². The molecule has 0 fully saturated rings. The van der Waals surface area contributed by atoms with Crippen molar-refractivity contribution in [1.29, 1.82) is 0 Å². The fourth-order valence-corrected chi connectivity index (χ4v) is 1.45. The van der Waals surface area contributed by atoms with Crippen molar-refractivity contribution in [3.63, 3.8) is 0 Å². The predicted molar refractivity (Wildman–Crippen MR) is 57.1 cm³/mol. The number of hydrogen-bond acceptors (Lipinski definition) is 4. The summed E-state index contributed by atoms with van der Waals surface area (Å²) in [5, 5.41) is 19.2. The Morgan fingerprint density at radius 3 is 2.65 bits per heavy atom. The van der Waals surface area contributed by atoms with Crippen LogP contribution in [-0.2, 0) is 0 Å². The van der Waals surface area contributed by atoms with Crippen molar-refractivity contribution in [3.8, 4) is 0 Å². The molecule has 0 bridgehead atoms. The summed E-state index contributed by atoms with van der Waals surface area (Å²) in [6.45, 7) is -1.50. The number of nitrogens with zero attached hydrogens (tertiary/aromatic N) is 1. The average molecular weight is 267 g/mol. The van der Waals surface area contributed by atoms with Gasteiger partial charge in [-0.3, -0.25) is 10.1 Å². The van der Waals surface area contributed by atoms with Crippen molar-refractivity contribution in [3.05, 3.63) is 38.9 Å². The highest BCUT2D eigenvalue weighted by Crippen LogP contribution is 2.35. The number of nitro benzene ring substituents is 1. The standard InChI is InChI=1S/C9H9ClF2N2O3/c10-5-1-2-7(14(16)17)6(3-5)8(13)9(11,12)4-15/h1-3,8,15H,4,13H2/t8-/m1/s1. The Morgan fingerprint density at radius 1 is 1.59 bits per heavy atom. The van der Waals surface area contributed by atoms with Crippen LogP contribution in [0.4, 0.5) is 14.5 Å². The predicted octanol–water partition coefficient (Wildman–Crippen LogP) is 1.88. The van der Waals surface area contributed by atoms with E-state index >= 15 is 0 Å². The first kappa shape index (κ1) is 13.8. The molecule has 0 aliphatic rings. The average Bonchev–Trinajstić information content (AvgIpc) is 2.27. The van der Waals surface area contributed by atoms with E-state index in [4.69, 9.17) is 22.4 Å². The minimum absolute atomic E-state index is 0.0507. The van der Waals surface area contributed by atoms with Gasteiger partial charge in [-0.05, 0) is 12.1 Å². The molecule has 0 saturated carbocycles. The second-order valence-corrected chi connectivity index (χ2v) is 3.79. The second kappa shape index (κ2) is 4.91. The molecule has 1 aromatic carbocycles. The van der Waals surface area contributed by atoms with Gasteiger partial charge in [0.2, 0.25) is 0 Å². The number of aliphatic hydroxyl groups excluding tert-OH is 1. The third-order valence-electron chi connectivity index (χ3n) is 2.19. The summed E-state index contributed by atoms with van der Waals surface area (Å²) in [6.07, 6.45) is 0. The van der Waals surface area contributed by atoms with Gasteiger partial charge in [-0.2, -0.15) is 0 Å². The van der Waals surface area contributed by atoms with Crippen molar-refractivity contribution < 1.29 is 18.8 Å².